The molecule has 0 aromatic heterocycles. The molecule has 448 valence electrons. The van der Waals surface area contributed by atoms with Gasteiger partial charge in [0.15, 0.2) is 6.29 Å². The van der Waals surface area contributed by atoms with Gasteiger partial charge in [-0.1, -0.05) is 279 Å². The van der Waals surface area contributed by atoms with Crippen LogP contribution in [0.1, 0.15) is 296 Å². The van der Waals surface area contributed by atoms with E-state index in [1.54, 1.807) is 6.08 Å². The fourth-order valence-corrected chi connectivity index (χ4v) is 10.1. The van der Waals surface area contributed by atoms with E-state index >= 15 is 0 Å². The summed E-state index contributed by atoms with van der Waals surface area (Å²) in [7, 11) is 0. The van der Waals surface area contributed by atoms with Gasteiger partial charge in [0.1, 0.15) is 24.4 Å². The first-order valence-corrected chi connectivity index (χ1v) is 32.7. The predicted octanol–water partition coefficient (Wildman–Crippen LogP) is 17.2. The Morgan fingerprint density at radius 2 is 0.779 bits per heavy atom. The van der Waals surface area contributed by atoms with Crippen molar-refractivity contribution in [3.05, 3.63) is 72.9 Å². The average molecular weight is 1080 g/mol. The van der Waals surface area contributed by atoms with Crippen molar-refractivity contribution in [2.75, 3.05) is 13.2 Å². The maximum Gasteiger partial charge on any atom is 0.220 e. The lowest BCUT2D eigenvalue weighted by molar-refractivity contribution is -0.302. The summed E-state index contributed by atoms with van der Waals surface area (Å²) in [5, 5.41) is 54.6. The Hall–Kier alpha value is -2.37. The molecule has 1 fully saturated rings. The largest absolute Gasteiger partial charge is 0.394 e. The number of aliphatic hydroxyl groups is 5. The number of nitrogens with one attached hydrogen (secondary N) is 1. The number of hydrogen-bond acceptors (Lipinski definition) is 8. The van der Waals surface area contributed by atoms with Gasteiger partial charge in [-0.3, -0.25) is 4.79 Å². The number of unbranched alkanes of at least 4 members (excludes halogenated alkanes) is 36. The third kappa shape index (κ3) is 46.0. The third-order valence-electron chi connectivity index (χ3n) is 15.2. The zero-order chi connectivity index (χ0) is 55.8. The van der Waals surface area contributed by atoms with E-state index in [-0.39, 0.29) is 12.5 Å². The summed E-state index contributed by atoms with van der Waals surface area (Å²) in [6.45, 7) is 3.77. The van der Waals surface area contributed by atoms with Crippen LogP contribution in [0.4, 0.5) is 0 Å². The molecular formula is C68H123NO8. The van der Waals surface area contributed by atoms with Crippen LogP contribution >= 0.6 is 0 Å². The van der Waals surface area contributed by atoms with Crippen LogP contribution in [-0.2, 0) is 14.3 Å². The zero-order valence-corrected chi connectivity index (χ0v) is 50.0. The first kappa shape index (κ1) is 72.6. The maximum absolute atomic E-state index is 13.1. The molecule has 0 aromatic carbocycles. The van der Waals surface area contributed by atoms with Crippen LogP contribution in [0.25, 0.3) is 0 Å². The Bertz CT molecular complexity index is 1440. The lowest BCUT2D eigenvalue weighted by atomic mass is 9.99. The number of allylic oxidation sites excluding steroid dienone is 11. The summed E-state index contributed by atoms with van der Waals surface area (Å²) in [5.74, 6) is -0.189. The van der Waals surface area contributed by atoms with Crippen molar-refractivity contribution in [1.82, 2.24) is 5.32 Å². The first-order valence-electron chi connectivity index (χ1n) is 32.7. The molecule has 0 saturated carbocycles. The van der Waals surface area contributed by atoms with Gasteiger partial charge in [-0.15, -0.1) is 0 Å². The number of ether oxygens (including phenoxy) is 2. The van der Waals surface area contributed by atoms with Gasteiger partial charge in [0.25, 0.3) is 0 Å². The molecule has 9 heteroatoms. The number of hydrogen-bond donors (Lipinski definition) is 6. The molecule has 1 heterocycles. The second-order valence-corrected chi connectivity index (χ2v) is 22.5. The van der Waals surface area contributed by atoms with Crippen LogP contribution in [0.15, 0.2) is 72.9 Å². The van der Waals surface area contributed by atoms with Crippen molar-refractivity contribution < 1.29 is 39.8 Å². The summed E-state index contributed by atoms with van der Waals surface area (Å²) in [6.07, 6.45) is 72.8. The van der Waals surface area contributed by atoms with E-state index in [2.05, 4.69) is 79.9 Å². The van der Waals surface area contributed by atoms with Crippen LogP contribution in [0.2, 0.25) is 0 Å². The van der Waals surface area contributed by atoms with Gasteiger partial charge >= 0.3 is 0 Å². The highest BCUT2D eigenvalue weighted by atomic mass is 16.7. The van der Waals surface area contributed by atoms with Crippen LogP contribution < -0.4 is 5.32 Å². The normalized spacial score (nSPS) is 19.2. The molecule has 7 atom stereocenters. The van der Waals surface area contributed by atoms with Crippen molar-refractivity contribution in [3.63, 3.8) is 0 Å². The lowest BCUT2D eigenvalue weighted by Gasteiger charge is -2.40. The molecule has 1 aliphatic rings. The van der Waals surface area contributed by atoms with Crippen LogP contribution in [0.3, 0.4) is 0 Å². The Balaban J connectivity index is 2.16. The summed E-state index contributed by atoms with van der Waals surface area (Å²) in [6, 6.07) is -0.831. The lowest BCUT2D eigenvalue weighted by Crippen LogP contribution is -2.60. The van der Waals surface area contributed by atoms with E-state index in [9.17, 15) is 30.3 Å². The molecule has 1 rings (SSSR count). The van der Waals surface area contributed by atoms with E-state index in [0.717, 1.165) is 57.8 Å². The number of carbonyl (C=O) groups is 1. The second kappa shape index (κ2) is 56.9. The molecule has 9 nitrogen and oxygen atoms in total. The predicted molar refractivity (Wildman–Crippen MR) is 327 cm³/mol. The molecule has 7 unspecified atom stereocenters. The topological polar surface area (TPSA) is 149 Å². The van der Waals surface area contributed by atoms with Crippen molar-refractivity contribution in [3.8, 4) is 0 Å². The van der Waals surface area contributed by atoms with Gasteiger partial charge in [-0.05, 0) is 83.5 Å². The summed E-state index contributed by atoms with van der Waals surface area (Å²) >= 11 is 0. The SMILES string of the molecule is CCCCCCC/C=C\C/C=C\C/C=C\CCCCCCCCCCCCCCCCCCCCC(=O)NC(COC1OC(CO)C(O)C(O)C1O)C(O)/C=C/CC/C=C/CC/C=C/CCCCCCCCCCCCC. The molecule has 77 heavy (non-hydrogen) atoms. The van der Waals surface area contributed by atoms with Crippen LogP contribution in [0.5, 0.6) is 0 Å². The van der Waals surface area contributed by atoms with Gasteiger partial charge in [-0.2, -0.15) is 0 Å². The highest BCUT2D eigenvalue weighted by Crippen LogP contribution is 2.23. The Morgan fingerprint density at radius 3 is 1.18 bits per heavy atom. The summed E-state index contributed by atoms with van der Waals surface area (Å²) in [5.41, 5.74) is 0. The first-order chi connectivity index (χ1) is 37.8. The van der Waals surface area contributed by atoms with Crippen molar-refractivity contribution in [2.45, 2.75) is 339 Å². The molecule has 0 spiro atoms. The molecule has 1 aliphatic heterocycles. The minimum Gasteiger partial charge on any atom is -0.394 e. The van der Waals surface area contributed by atoms with E-state index in [0.29, 0.717) is 6.42 Å². The van der Waals surface area contributed by atoms with E-state index < -0.39 is 49.5 Å². The molecule has 1 amide bonds. The van der Waals surface area contributed by atoms with Crippen molar-refractivity contribution >= 4 is 5.91 Å². The van der Waals surface area contributed by atoms with Gasteiger partial charge in [0, 0.05) is 6.42 Å². The van der Waals surface area contributed by atoms with Gasteiger partial charge in [0.2, 0.25) is 5.91 Å². The summed E-state index contributed by atoms with van der Waals surface area (Å²) < 4.78 is 11.3. The quantitative estimate of drug-likeness (QED) is 0.0261. The van der Waals surface area contributed by atoms with Crippen LogP contribution in [0, 0.1) is 0 Å². The number of rotatable bonds is 56. The average Bonchev–Trinajstić information content (AvgIpc) is 3.43. The van der Waals surface area contributed by atoms with Gasteiger partial charge in [0.05, 0.1) is 25.4 Å². The molecule has 0 aromatic rings. The van der Waals surface area contributed by atoms with E-state index in [1.165, 1.54) is 218 Å². The zero-order valence-electron chi connectivity index (χ0n) is 50.0. The van der Waals surface area contributed by atoms with Crippen molar-refractivity contribution in [2.24, 2.45) is 0 Å². The smallest absolute Gasteiger partial charge is 0.220 e. The molecule has 0 bridgehead atoms. The summed E-state index contributed by atoms with van der Waals surface area (Å²) in [4.78, 5) is 13.1. The number of carbonyl (C=O) groups excluding carboxylic acids is 1. The Kier molecular flexibility index (Phi) is 53.7. The Morgan fingerprint density at radius 1 is 0.442 bits per heavy atom. The highest BCUT2D eigenvalue weighted by Gasteiger charge is 2.44. The molecule has 0 aliphatic carbocycles. The highest BCUT2D eigenvalue weighted by molar-refractivity contribution is 5.76. The fourth-order valence-electron chi connectivity index (χ4n) is 10.1. The van der Waals surface area contributed by atoms with E-state index in [1.807, 2.05) is 6.08 Å². The van der Waals surface area contributed by atoms with E-state index in [4.69, 9.17) is 9.47 Å². The van der Waals surface area contributed by atoms with Crippen LogP contribution in [-0.4, -0.2) is 87.5 Å². The van der Waals surface area contributed by atoms with Gasteiger partial charge < -0.3 is 40.3 Å². The van der Waals surface area contributed by atoms with Gasteiger partial charge in [-0.25, -0.2) is 0 Å². The molecular weight excluding hydrogens is 959 g/mol. The maximum atomic E-state index is 13.1. The fraction of sp³-hybridized carbons (Fsp3) is 0.809. The minimum absolute atomic E-state index is 0.189. The number of aliphatic hydroxyl groups excluding tert-OH is 5. The van der Waals surface area contributed by atoms with Crippen molar-refractivity contribution in [1.29, 1.82) is 0 Å². The molecule has 0 radical (unpaired) electrons. The molecule has 6 N–H and O–H groups in total. The Labute approximate surface area is 474 Å². The second-order valence-electron chi connectivity index (χ2n) is 22.5. The third-order valence-corrected chi connectivity index (χ3v) is 15.2. The standard InChI is InChI=1S/C68H123NO8/c1-3-5-7-9-11-13-15-17-19-21-23-25-26-27-28-29-30-31-32-33-34-35-36-38-40-42-44-46-48-50-52-54-56-58-64(72)69-61(60-76-68-67(75)66(74)65(73)63(59-70)77-68)62(71)57-55-53-51-49-47-45-43-41-39-37-24-22-20-18-16-14-12-10-8-6-4-2/h15,17,21,23,26-27,39,41,47,49,55,57,61-63,65-68,70-71,73-75H,3-14,16,18-20,22,24-25,28-38,40,42-46,48,50-54,56,58-60H2,1-2H3,(H,69,72)/b17-15-,23-21-,27-26-,41-39+,49-47+,57-55+. The molecule has 1 saturated heterocycles. The monoisotopic (exact) mass is 1080 g/mol. The minimum atomic E-state index is -1.58. The number of amides is 1.